The number of nitrogens with zero attached hydrogens (tertiary/aromatic N) is 2. The third-order valence-corrected chi connectivity index (χ3v) is 5.41. The van der Waals surface area contributed by atoms with E-state index in [4.69, 9.17) is 5.26 Å². The molecule has 0 aliphatic heterocycles. The summed E-state index contributed by atoms with van der Waals surface area (Å²) in [6.07, 6.45) is 2.22. The number of benzene rings is 1. The maximum atomic E-state index is 13.1. The van der Waals surface area contributed by atoms with Crippen molar-refractivity contribution in [3.63, 3.8) is 0 Å². The van der Waals surface area contributed by atoms with Crippen molar-refractivity contribution >= 4 is 10.0 Å². The highest BCUT2D eigenvalue weighted by Gasteiger charge is 2.32. The molecule has 0 spiro atoms. The Morgan fingerprint density at radius 3 is 2.70 bits per heavy atom. The zero-order chi connectivity index (χ0) is 14.8. The lowest BCUT2D eigenvalue weighted by Gasteiger charge is -2.22. The highest BCUT2D eigenvalue weighted by Crippen LogP contribution is 2.32. The van der Waals surface area contributed by atoms with Gasteiger partial charge in [0.05, 0.1) is 11.0 Å². The molecular formula is C14H17FN2O2S. The molecule has 0 heterocycles. The summed E-state index contributed by atoms with van der Waals surface area (Å²) in [6, 6.07) is 5.64. The van der Waals surface area contributed by atoms with Crippen LogP contribution in [0.25, 0.3) is 0 Å². The van der Waals surface area contributed by atoms with Crippen LogP contribution in [0.1, 0.15) is 24.8 Å². The predicted octanol–water partition coefficient (Wildman–Crippen LogP) is 2.45. The first-order chi connectivity index (χ1) is 9.45. The number of rotatable bonds is 6. The summed E-state index contributed by atoms with van der Waals surface area (Å²) < 4.78 is 39.7. The van der Waals surface area contributed by atoms with E-state index in [1.165, 1.54) is 16.4 Å². The minimum Gasteiger partial charge on any atom is -0.207 e. The molecule has 1 aromatic rings. The first-order valence-corrected chi connectivity index (χ1v) is 8.02. The van der Waals surface area contributed by atoms with Gasteiger partial charge < -0.3 is 0 Å². The van der Waals surface area contributed by atoms with Crippen molar-refractivity contribution in [1.29, 1.82) is 5.26 Å². The van der Waals surface area contributed by atoms with Crippen LogP contribution in [-0.4, -0.2) is 25.8 Å². The van der Waals surface area contributed by atoms with E-state index in [1.807, 2.05) is 6.07 Å². The second kappa shape index (κ2) is 5.90. The fraction of sp³-hybridized carbons (Fsp3) is 0.500. The first kappa shape index (κ1) is 14.9. The van der Waals surface area contributed by atoms with Gasteiger partial charge >= 0.3 is 0 Å². The zero-order valence-electron chi connectivity index (χ0n) is 11.3. The third-order valence-electron chi connectivity index (χ3n) is 3.39. The molecule has 0 N–H and O–H groups in total. The summed E-state index contributed by atoms with van der Waals surface area (Å²) in [5.74, 6) is -0.0589. The molecule has 0 saturated heterocycles. The van der Waals surface area contributed by atoms with Crippen LogP contribution >= 0.6 is 0 Å². The van der Waals surface area contributed by atoms with Crippen molar-refractivity contribution in [2.24, 2.45) is 5.92 Å². The second-order valence-electron chi connectivity index (χ2n) is 5.12. The van der Waals surface area contributed by atoms with Crippen molar-refractivity contribution in [2.75, 3.05) is 13.1 Å². The standard InChI is InChI=1S/C14H17FN2O2S/c1-11-9-13(15)5-6-14(11)20(18,19)17(8-2-7-16)10-12-3-4-12/h5-6,9,12H,2-4,8,10H2,1H3. The summed E-state index contributed by atoms with van der Waals surface area (Å²) in [5.41, 5.74) is 0.391. The molecule has 20 heavy (non-hydrogen) atoms. The van der Waals surface area contributed by atoms with Gasteiger partial charge in [-0.25, -0.2) is 12.8 Å². The molecule has 0 amide bonds. The summed E-state index contributed by atoms with van der Waals surface area (Å²) in [5, 5.41) is 8.67. The Morgan fingerprint density at radius 1 is 1.45 bits per heavy atom. The average molecular weight is 296 g/mol. The smallest absolute Gasteiger partial charge is 0.207 e. The van der Waals surface area contributed by atoms with Crippen LogP contribution in [0.3, 0.4) is 0 Å². The van der Waals surface area contributed by atoms with Gasteiger partial charge in [-0.3, -0.25) is 0 Å². The van der Waals surface area contributed by atoms with Crippen LogP contribution in [-0.2, 0) is 10.0 Å². The van der Waals surface area contributed by atoms with Gasteiger partial charge in [0, 0.05) is 19.5 Å². The second-order valence-corrected chi connectivity index (χ2v) is 7.03. The fourth-order valence-corrected chi connectivity index (χ4v) is 3.84. The predicted molar refractivity (Wildman–Crippen MR) is 72.8 cm³/mol. The Kier molecular flexibility index (Phi) is 4.41. The van der Waals surface area contributed by atoms with E-state index >= 15 is 0 Å². The van der Waals surface area contributed by atoms with E-state index in [0.717, 1.165) is 18.9 Å². The summed E-state index contributed by atoms with van der Waals surface area (Å²) in [7, 11) is -3.66. The van der Waals surface area contributed by atoms with Crippen LogP contribution in [0, 0.1) is 30.0 Å². The summed E-state index contributed by atoms with van der Waals surface area (Å²) >= 11 is 0. The van der Waals surface area contributed by atoms with Gasteiger partial charge in [-0.05, 0) is 49.4 Å². The number of sulfonamides is 1. The topological polar surface area (TPSA) is 61.2 Å². The maximum absolute atomic E-state index is 13.1. The Bertz CT molecular complexity index is 633. The molecule has 0 radical (unpaired) electrons. The Labute approximate surface area is 118 Å². The van der Waals surface area contributed by atoms with Crippen LogP contribution in [0.4, 0.5) is 4.39 Å². The van der Waals surface area contributed by atoms with Crippen LogP contribution in [0.5, 0.6) is 0 Å². The molecular weight excluding hydrogens is 279 g/mol. The highest BCUT2D eigenvalue weighted by molar-refractivity contribution is 7.89. The molecule has 0 bridgehead atoms. The van der Waals surface area contributed by atoms with Crippen molar-refractivity contribution in [2.45, 2.75) is 31.1 Å². The Hall–Kier alpha value is -1.45. The lowest BCUT2D eigenvalue weighted by molar-refractivity contribution is 0.402. The number of nitriles is 1. The highest BCUT2D eigenvalue weighted by atomic mass is 32.2. The van der Waals surface area contributed by atoms with E-state index in [2.05, 4.69) is 0 Å². The van der Waals surface area contributed by atoms with Crippen molar-refractivity contribution in [3.8, 4) is 6.07 Å². The summed E-state index contributed by atoms with van der Waals surface area (Å²) in [4.78, 5) is 0.123. The van der Waals surface area contributed by atoms with Crippen LogP contribution < -0.4 is 0 Å². The first-order valence-electron chi connectivity index (χ1n) is 6.58. The number of hydrogen-bond donors (Lipinski definition) is 0. The van der Waals surface area contributed by atoms with E-state index in [1.54, 1.807) is 6.92 Å². The van der Waals surface area contributed by atoms with E-state index in [-0.39, 0.29) is 17.9 Å². The van der Waals surface area contributed by atoms with Gasteiger partial charge in [0.2, 0.25) is 10.0 Å². The van der Waals surface area contributed by atoms with Crippen molar-refractivity contribution in [3.05, 3.63) is 29.6 Å². The molecule has 0 unspecified atom stereocenters. The van der Waals surface area contributed by atoms with Gasteiger partial charge in [0.25, 0.3) is 0 Å². The van der Waals surface area contributed by atoms with E-state index < -0.39 is 15.8 Å². The lowest BCUT2D eigenvalue weighted by atomic mass is 10.2. The quantitative estimate of drug-likeness (QED) is 0.810. The molecule has 1 aliphatic rings. The van der Waals surface area contributed by atoms with Crippen LogP contribution in [0.15, 0.2) is 23.1 Å². The molecule has 108 valence electrons. The third kappa shape index (κ3) is 3.35. The molecule has 1 fully saturated rings. The zero-order valence-corrected chi connectivity index (χ0v) is 12.2. The van der Waals surface area contributed by atoms with E-state index in [9.17, 15) is 12.8 Å². The van der Waals surface area contributed by atoms with E-state index in [0.29, 0.717) is 18.0 Å². The van der Waals surface area contributed by atoms with Crippen molar-refractivity contribution in [1.82, 2.24) is 4.31 Å². The summed E-state index contributed by atoms with van der Waals surface area (Å²) in [6.45, 7) is 2.21. The molecule has 0 atom stereocenters. The normalized spacial score (nSPS) is 15.3. The van der Waals surface area contributed by atoms with Crippen molar-refractivity contribution < 1.29 is 12.8 Å². The van der Waals surface area contributed by atoms with Gasteiger partial charge in [-0.15, -0.1) is 0 Å². The lowest BCUT2D eigenvalue weighted by Crippen LogP contribution is -2.34. The average Bonchev–Trinajstić information content (AvgIpc) is 3.17. The molecule has 1 aromatic carbocycles. The SMILES string of the molecule is Cc1cc(F)ccc1S(=O)(=O)N(CCC#N)CC1CC1. The fourth-order valence-electron chi connectivity index (χ4n) is 2.11. The number of halogens is 1. The van der Waals surface area contributed by atoms with Gasteiger partial charge in [0.15, 0.2) is 0 Å². The molecule has 4 nitrogen and oxygen atoms in total. The number of aryl methyl sites for hydroxylation is 1. The minimum atomic E-state index is -3.66. The maximum Gasteiger partial charge on any atom is 0.243 e. The molecule has 1 saturated carbocycles. The largest absolute Gasteiger partial charge is 0.243 e. The Morgan fingerprint density at radius 2 is 2.15 bits per heavy atom. The molecule has 0 aromatic heterocycles. The molecule has 6 heteroatoms. The number of hydrogen-bond acceptors (Lipinski definition) is 3. The molecule has 1 aliphatic carbocycles. The molecule has 2 rings (SSSR count). The van der Waals surface area contributed by atoms with Gasteiger partial charge in [0.1, 0.15) is 5.82 Å². The van der Waals surface area contributed by atoms with Gasteiger partial charge in [-0.1, -0.05) is 0 Å². The van der Waals surface area contributed by atoms with Gasteiger partial charge in [-0.2, -0.15) is 9.57 Å². The Balaban J connectivity index is 2.30. The van der Waals surface area contributed by atoms with Crippen LogP contribution in [0.2, 0.25) is 0 Å². The minimum absolute atomic E-state index is 0.123. The monoisotopic (exact) mass is 296 g/mol.